The van der Waals surface area contributed by atoms with Crippen molar-refractivity contribution in [1.29, 1.82) is 0 Å². The molecule has 0 aliphatic carbocycles. The second kappa shape index (κ2) is 12.8. The van der Waals surface area contributed by atoms with Crippen LogP contribution in [0.4, 0.5) is 0 Å². The number of nitrogens with two attached hydrogens (primary N) is 2. The maximum atomic E-state index is 13.3. The SMILES string of the molecule is CC(C)CC(NC(=O)C(Cc1ccccc1)NC(=O)C(N)CC(N)=O)C(=O)N1CCCC1C(=O)O. The third-order valence-electron chi connectivity index (χ3n) is 5.82. The Labute approximate surface area is 204 Å². The average Bonchev–Trinajstić information content (AvgIpc) is 3.28. The molecule has 0 radical (unpaired) electrons. The van der Waals surface area contributed by atoms with Crippen LogP contribution < -0.4 is 22.1 Å². The highest BCUT2D eigenvalue weighted by Gasteiger charge is 2.38. The fraction of sp³-hybridized carbons (Fsp3) is 0.542. The molecule has 192 valence electrons. The number of nitrogens with zero attached hydrogens (tertiary/aromatic N) is 1. The van der Waals surface area contributed by atoms with Gasteiger partial charge in [-0.1, -0.05) is 44.2 Å². The van der Waals surface area contributed by atoms with E-state index in [-0.39, 0.29) is 18.8 Å². The number of primary amides is 1. The van der Waals surface area contributed by atoms with Crippen LogP contribution in [-0.2, 0) is 30.4 Å². The van der Waals surface area contributed by atoms with Crippen LogP contribution in [0.15, 0.2) is 30.3 Å². The maximum Gasteiger partial charge on any atom is 0.326 e. The van der Waals surface area contributed by atoms with E-state index in [1.54, 1.807) is 24.3 Å². The quantitative estimate of drug-likeness (QED) is 0.262. The lowest BCUT2D eigenvalue weighted by molar-refractivity contribution is -0.149. The van der Waals surface area contributed by atoms with Crippen LogP contribution in [0.3, 0.4) is 0 Å². The Bertz CT molecular complexity index is 922. The fourth-order valence-corrected chi connectivity index (χ4v) is 4.10. The van der Waals surface area contributed by atoms with Crippen LogP contribution in [0.1, 0.15) is 45.1 Å². The fourth-order valence-electron chi connectivity index (χ4n) is 4.10. The number of nitrogens with one attached hydrogen (secondary N) is 2. The van der Waals surface area contributed by atoms with Crippen LogP contribution in [0, 0.1) is 5.92 Å². The van der Waals surface area contributed by atoms with Crippen molar-refractivity contribution in [2.45, 2.75) is 70.1 Å². The number of rotatable bonds is 12. The summed E-state index contributed by atoms with van der Waals surface area (Å²) in [6.45, 7) is 4.07. The summed E-state index contributed by atoms with van der Waals surface area (Å²) in [5.74, 6) is -3.61. The van der Waals surface area contributed by atoms with Crippen molar-refractivity contribution in [2.75, 3.05) is 6.54 Å². The summed E-state index contributed by atoms with van der Waals surface area (Å²) in [5, 5.41) is 14.8. The minimum absolute atomic E-state index is 0.0290. The van der Waals surface area contributed by atoms with Crippen LogP contribution in [-0.4, -0.2) is 70.3 Å². The third kappa shape index (κ3) is 8.36. The Morgan fingerprint density at radius 1 is 1.06 bits per heavy atom. The van der Waals surface area contributed by atoms with Crippen LogP contribution >= 0.6 is 0 Å². The van der Waals surface area contributed by atoms with Crippen LogP contribution in [0.5, 0.6) is 0 Å². The first-order chi connectivity index (χ1) is 16.5. The van der Waals surface area contributed by atoms with E-state index in [0.29, 0.717) is 25.8 Å². The Morgan fingerprint density at radius 3 is 2.26 bits per heavy atom. The molecule has 0 aromatic heterocycles. The first-order valence-corrected chi connectivity index (χ1v) is 11.7. The Kier molecular flexibility index (Phi) is 10.2. The zero-order valence-electron chi connectivity index (χ0n) is 20.1. The van der Waals surface area contributed by atoms with Gasteiger partial charge in [0.2, 0.25) is 23.6 Å². The largest absolute Gasteiger partial charge is 0.480 e. The average molecular weight is 490 g/mol. The third-order valence-corrected chi connectivity index (χ3v) is 5.82. The van der Waals surface area contributed by atoms with E-state index in [1.807, 2.05) is 19.9 Å². The van der Waals surface area contributed by atoms with Crippen molar-refractivity contribution in [3.8, 4) is 0 Å². The predicted molar refractivity (Wildman–Crippen MR) is 128 cm³/mol. The van der Waals surface area contributed by atoms with E-state index in [9.17, 15) is 29.1 Å². The van der Waals surface area contributed by atoms with E-state index in [0.717, 1.165) is 5.56 Å². The second-order valence-electron chi connectivity index (χ2n) is 9.25. The molecule has 35 heavy (non-hydrogen) atoms. The van der Waals surface area contributed by atoms with Crippen molar-refractivity contribution in [3.05, 3.63) is 35.9 Å². The van der Waals surface area contributed by atoms with Crippen molar-refractivity contribution < 1.29 is 29.1 Å². The lowest BCUT2D eigenvalue weighted by Gasteiger charge is -2.29. The lowest BCUT2D eigenvalue weighted by atomic mass is 10.00. The highest BCUT2D eigenvalue weighted by Crippen LogP contribution is 2.20. The molecule has 4 unspecified atom stereocenters. The molecule has 7 N–H and O–H groups in total. The standard InChI is InChI=1S/C24H35N5O6/c1-14(2)11-18(23(33)29-10-6-9-19(29)24(34)35)28-22(32)17(12-15-7-4-3-5-8-15)27-21(31)16(25)13-20(26)30/h3-5,7-8,14,16-19H,6,9-13,25H2,1-2H3,(H2,26,30)(H,27,31)(H,28,32)(H,34,35). The summed E-state index contributed by atoms with van der Waals surface area (Å²) < 4.78 is 0. The minimum atomic E-state index is -1.23. The topological polar surface area (TPSA) is 185 Å². The molecule has 1 fully saturated rings. The van der Waals surface area contributed by atoms with Gasteiger partial charge in [0.25, 0.3) is 0 Å². The number of likely N-dealkylation sites (tertiary alicyclic amines) is 1. The first-order valence-electron chi connectivity index (χ1n) is 11.7. The summed E-state index contributed by atoms with van der Waals surface area (Å²) in [6, 6.07) is 4.75. The molecule has 0 bridgehead atoms. The first kappa shape index (κ1) is 27.8. The second-order valence-corrected chi connectivity index (χ2v) is 9.25. The Hall–Kier alpha value is -3.47. The number of benzene rings is 1. The van der Waals surface area contributed by atoms with E-state index in [4.69, 9.17) is 11.5 Å². The molecule has 11 heteroatoms. The molecule has 1 aliphatic heterocycles. The van der Waals surface area contributed by atoms with Crippen molar-refractivity contribution in [2.24, 2.45) is 17.4 Å². The van der Waals surface area contributed by atoms with Crippen molar-refractivity contribution >= 4 is 29.6 Å². The molecule has 1 saturated heterocycles. The van der Waals surface area contributed by atoms with Gasteiger partial charge in [-0.05, 0) is 30.7 Å². The van der Waals surface area contributed by atoms with Gasteiger partial charge >= 0.3 is 5.97 Å². The molecule has 4 amide bonds. The molecule has 1 heterocycles. The van der Waals surface area contributed by atoms with Gasteiger partial charge in [-0.3, -0.25) is 19.2 Å². The monoisotopic (exact) mass is 489 g/mol. The van der Waals surface area contributed by atoms with Gasteiger partial charge in [0.05, 0.1) is 12.5 Å². The molecule has 11 nitrogen and oxygen atoms in total. The molecule has 2 rings (SSSR count). The highest BCUT2D eigenvalue weighted by molar-refractivity contribution is 5.95. The number of aliphatic carboxylic acids is 1. The van der Waals surface area contributed by atoms with Gasteiger partial charge in [-0.15, -0.1) is 0 Å². The molecule has 1 aromatic carbocycles. The number of carboxylic acids is 1. The van der Waals surface area contributed by atoms with Crippen LogP contribution in [0.2, 0.25) is 0 Å². The van der Waals surface area contributed by atoms with Crippen molar-refractivity contribution in [3.63, 3.8) is 0 Å². The maximum absolute atomic E-state index is 13.3. The van der Waals surface area contributed by atoms with Gasteiger partial charge in [-0.25, -0.2) is 4.79 Å². The number of amides is 4. The van der Waals surface area contributed by atoms with E-state index >= 15 is 0 Å². The number of hydrogen-bond donors (Lipinski definition) is 5. The minimum Gasteiger partial charge on any atom is -0.480 e. The summed E-state index contributed by atoms with van der Waals surface area (Å²) in [7, 11) is 0. The van der Waals surface area contributed by atoms with Gasteiger partial charge in [0.1, 0.15) is 18.1 Å². The molecular weight excluding hydrogens is 454 g/mol. The summed E-state index contributed by atoms with van der Waals surface area (Å²) in [4.78, 5) is 63.1. The van der Waals surface area contributed by atoms with E-state index < -0.39 is 53.8 Å². The van der Waals surface area contributed by atoms with Gasteiger partial charge in [0.15, 0.2) is 0 Å². The molecule has 1 aromatic rings. The van der Waals surface area contributed by atoms with Gasteiger partial charge in [0, 0.05) is 13.0 Å². The van der Waals surface area contributed by atoms with E-state index in [2.05, 4.69) is 10.6 Å². The number of carbonyl (C=O) groups excluding carboxylic acids is 4. The zero-order chi connectivity index (χ0) is 26.1. The van der Waals surface area contributed by atoms with E-state index in [1.165, 1.54) is 4.90 Å². The van der Waals surface area contributed by atoms with Crippen molar-refractivity contribution in [1.82, 2.24) is 15.5 Å². The Balaban J connectivity index is 2.23. The Morgan fingerprint density at radius 2 is 1.69 bits per heavy atom. The molecule has 0 spiro atoms. The normalized spacial score (nSPS) is 17.9. The summed E-state index contributed by atoms with van der Waals surface area (Å²) >= 11 is 0. The van der Waals surface area contributed by atoms with Gasteiger partial charge < -0.3 is 32.1 Å². The lowest BCUT2D eigenvalue weighted by Crippen LogP contribution is -2.58. The van der Waals surface area contributed by atoms with Crippen LogP contribution in [0.25, 0.3) is 0 Å². The zero-order valence-corrected chi connectivity index (χ0v) is 20.1. The molecule has 0 saturated carbocycles. The summed E-state index contributed by atoms with van der Waals surface area (Å²) in [5.41, 5.74) is 11.6. The smallest absolute Gasteiger partial charge is 0.326 e. The summed E-state index contributed by atoms with van der Waals surface area (Å²) in [6.07, 6.45) is 0.946. The molecule has 4 atom stereocenters. The number of hydrogen-bond acceptors (Lipinski definition) is 6. The van der Waals surface area contributed by atoms with Gasteiger partial charge in [-0.2, -0.15) is 0 Å². The predicted octanol–water partition coefficient (Wildman–Crippen LogP) is -0.477. The number of carboxylic acid groups (broad SMARTS) is 1. The highest BCUT2D eigenvalue weighted by atomic mass is 16.4. The molecule has 1 aliphatic rings. The number of carbonyl (C=O) groups is 5. The molecular formula is C24H35N5O6.